The van der Waals surface area contributed by atoms with Crippen LogP contribution in [0.2, 0.25) is 0 Å². The molecule has 0 radical (unpaired) electrons. The third-order valence-electron chi connectivity index (χ3n) is 5.58. The molecule has 0 atom stereocenters. The van der Waals surface area contributed by atoms with Gasteiger partial charge in [0.1, 0.15) is 17.2 Å². The predicted octanol–water partition coefficient (Wildman–Crippen LogP) is 4.97. The highest BCUT2D eigenvalue weighted by Gasteiger charge is 2.19. The topological polar surface area (TPSA) is 93.3 Å². The number of amides is 1. The van der Waals surface area contributed by atoms with Crippen molar-refractivity contribution in [3.8, 4) is 33.9 Å². The van der Waals surface area contributed by atoms with E-state index in [0.717, 1.165) is 17.5 Å². The molecule has 3 aromatic carbocycles. The summed E-state index contributed by atoms with van der Waals surface area (Å²) in [6.07, 6.45) is 0.742. The second kappa shape index (κ2) is 11.3. The molecule has 7 heteroatoms. The van der Waals surface area contributed by atoms with Crippen LogP contribution in [0.5, 0.6) is 11.5 Å². The van der Waals surface area contributed by atoms with E-state index in [1.54, 1.807) is 26.2 Å². The van der Waals surface area contributed by atoms with Crippen molar-refractivity contribution in [2.75, 3.05) is 20.3 Å². The maximum atomic E-state index is 12.5. The number of carbonyl (C=O) groups excluding carboxylic acids is 1. The summed E-state index contributed by atoms with van der Waals surface area (Å²) in [6, 6.07) is 24.2. The lowest BCUT2D eigenvalue weighted by molar-refractivity contribution is 0.0948. The number of carbonyl (C=O) groups is 1. The van der Waals surface area contributed by atoms with E-state index < -0.39 is 0 Å². The normalized spacial score (nSPS) is 10.7. The minimum atomic E-state index is -0.273. The van der Waals surface area contributed by atoms with Crippen LogP contribution in [0, 0.1) is 6.92 Å². The number of aromatic amines is 1. The van der Waals surface area contributed by atoms with Crippen LogP contribution in [0.15, 0.2) is 83.7 Å². The van der Waals surface area contributed by atoms with Crippen molar-refractivity contribution in [3.63, 3.8) is 0 Å². The maximum Gasteiger partial charge on any atom is 0.267 e. The number of aromatic nitrogens is 2. The van der Waals surface area contributed by atoms with Gasteiger partial charge >= 0.3 is 0 Å². The molecule has 7 nitrogen and oxygen atoms in total. The Morgan fingerprint density at radius 2 is 1.69 bits per heavy atom. The Hall–Kier alpha value is -4.23. The zero-order valence-corrected chi connectivity index (χ0v) is 19.7. The summed E-state index contributed by atoms with van der Waals surface area (Å²) in [5.41, 5.74) is 3.59. The van der Waals surface area contributed by atoms with Gasteiger partial charge in [-0.15, -0.1) is 0 Å². The van der Waals surface area contributed by atoms with E-state index >= 15 is 0 Å². The average molecular weight is 470 g/mol. The fourth-order valence-electron chi connectivity index (χ4n) is 3.76. The van der Waals surface area contributed by atoms with Crippen LogP contribution in [-0.4, -0.2) is 36.4 Å². The van der Waals surface area contributed by atoms with Crippen molar-refractivity contribution in [1.82, 2.24) is 15.5 Å². The van der Waals surface area contributed by atoms with Crippen molar-refractivity contribution >= 4 is 5.91 Å². The van der Waals surface area contributed by atoms with E-state index in [0.29, 0.717) is 47.0 Å². The quantitative estimate of drug-likeness (QED) is 0.338. The molecule has 0 aliphatic heterocycles. The summed E-state index contributed by atoms with van der Waals surface area (Å²) in [6.45, 7) is 2.89. The van der Waals surface area contributed by atoms with Crippen LogP contribution in [0.3, 0.4) is 0 Å². The standard InChI is InChI=1S/C28H27N3O4/c1-19-25(20-13-15-21(16-14-20)28(33)29-17-8-18-34-2)26(30-31-27(19)32)23-11-6-7-12-24(23)35-22-9-4-3-5-10-22/h3-7,9-16H,8,17-18H2,1-2H3,(H,29,33)(H,31,32). The van der Waals surface area contributed by atoms with E-state index in [9.17, 15) is 9.59 Å². The van der Waals surface area contributed by atoms with Gasteiger partial charge in [0.05, 0.1) is 0 Å². The molecule has 2 N–H and O–H groups in total. The highest BCUT2D eigenvalue weighted by molar-refractivity contribution is 5.95. The van der Waals surface area contributed by atoms with Crippen molar-refractivity contribution < 1.29 is 14.3 Å². The van der Waals surface area contributed by atoms with Gasteiger partial charge in [-0.05, 0) is 55.3 Å². The van der Waals surface area contributed by atoms with E-state index in [-0.39, 0.29) is 11.5 Å². The van der Waals surface area contributed by atoms with Crippen LogP contribution in [0.25, 0.3) is 22.4 Å². The summed E-state index contributed by atoms with van der Waals surface area (Å²) < 4.78 is 11.1. The van der Waals surface area contributed by atoms with Gasteiger partial charge in [0.25, 0.3) is 11.5 Å². The van der Waals surface area contributed by atoms with E-state index in [1.165, 1.54) is 0 Å². The van der Waals surface area contributed by atoms with Gasteiger partial charge in [0.15, 0.2) is 0 Å². The molecule has 0 saturated heterocycles. The molecule has 0 aliphatic rings. The second-order valence-electron chi connectivity index (χ2n) is 7.99. The summed E-state index contributed by atoms with van der Waals surface area (Å²) in [7, 11) is 1.63. The van der Waals surface area contributed by atoms with Crippen LogP contribution in [0.1, 0.15) is 22.3 Å². The number of rotatable bonds is 9. The molecule has 0 fully saturated rings. The summed E-state index contributed by atoms with van der Waals surface area (Å²) in [5.74, 6) is 1.16. The van der Waals surface area contributed by atoms with Gasteiger partial charge in [0.2, 0.25) is 0 Å². The molecule has 1 heterocycles. The van der Waals surface area contributed by atoms with Crippen molar-refractivity contribution in [2.45, 2.75) is 13.3 Å². The van der Waals surface area contributed by atoms with Crippen LogP contribution in [-0.2, 0) is 4.74 Å². The summed E-state index contributed by atoms with van der Waals surface area (Å²) >= 11 is 0. The Labute approximate surface area is 203 Å². The number of benzene rings is 3. The Balaban J connectivity index is 1.69. The largest absolute Gasteiger partial charge is 0.457 e. The number of nitrogens with zero attached hydrogens (tertiary/aromatic N) is 1. The Bertz CT molecular complexity index is 1350. The molecule has 178 valence electrons. The molecule has 1 amide bonds. The first kappa shape index (κ1) is 23.9. The van der Waals surface area contributed by atoms with Crippen LogP contribution in [0.4, 0.5) is 0 Å². The molecular formula is C28H27N3O4. The minimum absolute atomic E-state index is 0.157. The van der Waals surface area contributed by atoms with Gasteiger partial charge in [-0.1, -0.05) is 42.5 Å². The first-order valence-electron chi connectivity index (χ1n) is 11.4. The molecule has 1 aromatic heterocycles. The molecule has 0 aliphatic carbocycles. The first-order valence-corrected chi connectivity index (χ1v) is 11.4. The number of para-hydroxylation sites is 2. The number of H-pyrrole nitrogens is 1. The summed E-state index contributed by atoms with van der Waals surface area (Å²) in [4.78, 5) is 24.9. The molecular weight excluding hydrogens is 442 g/mol. The number of hydrogen-bond donors (Lipinski definition) is 2. The monoisotopic (exact) mass is 469 g/mol. The van der Waals surface area contributed by atoms with E-state index in [2.05, 4.69) is 15.5 Å². The third-order valence-corrected chi connectivity index (χ3v) is 5.58. The highest BCUT2D eigenvalue weighted by Crippen LogP contribution is 2.38. The zero-order valence-electron chi connectivity index (χ0n) is 19.7. The molecule has 35 heavy (non-hydrogen) atoms. The lowest BCUT2D eigenvalue weighted by Crippen LogP contribution is -2.25. The maximum absolute atomic E-state index is 12.5. The molecule has 4 aromatic rings. The lowest BCUT2D eigenvalue weighted by atomic mass is 9.95. The van der Waals surface area contributed by atoms with Gasteiger partial charge in [0, 0.05) is 42.5 Å². The first-order chi connectivity index (χ1) is 17.1. The number of nitrogens with one attached hydrogen (secondary N) is 2. The zero-order chi connectivity index (χ0) is 24.6. The van der Waals surface area contributed by atoms with Crippen LogP contribution < -0.4 is 15.6 Å². The fourth-order valence-corrected chi connectivity index (χ4v) is 3.76. The Morgan fingerprint density at radius 3 is 2.43 bits per heavy atom. The highest BCUT2D eigenvalue weighted by atomic mass is 16.5. The summed E-state index contributed by atoms with van der Waals surface area (Å²) in [5, 5.41) is 9.87. The smallest absolute Gasteiger partial charge is 0.267 e. The Kier molecular flexibility index (Phi) is 7.70. The molecule has 4 rings (SSSR count). The molecule has 0 saturated carbocycles. The molecule has 0 bridgehead atoms. The Morgan fingerprint density at radius 1 is 0.971 bits per heavy atom. The minimum Gasteiger partial charge on any atom is -0.457 e. The molecule has 0 spiro atoms. The van der Waals surface area contributed by atoms with Crippen molar-refractivity contribution in [1.29, 1.82) is 0 Å². The van der Waals surface area contributed by atoms with Gasteiger partial charge in [-0.2, -0.15) is 5.10 Å². The van der Waals surface area contributed by atoms with E-state index in [1.807, 2.05) is 66.7 Å². The predicted molar refractivity (Wildman–Crippen MR) is 136 cm³/mol. The number of methoxy groups -OCH3 is 1. The second-order valence-corrected chi connectivity index (χ2v) is 7.99. The average Bonchev–Trinajstić information content (AvgIpc) is 2.89. The number of hydrogen-bond acceptors (Lipinski definition) is 5. The molecule has 0 unspecified atom stereocenters. The van der Waals surface area contributed by atoms with Gasteiger partial charge in [-0.3, -0.25) is 9.59 Å². The third kappa shape index (κ3) is 5.65. The fraction of sp³-hybridized carbons (Fsp3) is 0.179. The van der Waals surface area contributed by atoms with E-state index in [4.69, 9.17) is 9.47 Å². The SMILES string of the molecule is COCCCNC(=O)c1ccc(-c2c(-c3ccccc3Oc3ccccc3)n[nH]c(=O)c2C)cc1. The van der Waals surface area contributed by atoms with Crippen molar-refractivity contribution in [3.05, 3.63) is 100 Å². The number of ether oxygens (including phenoxy) is 2. The lowest BCUT2D eigenvalue weighted by Gasteiger charge is -2.15. The van der Waals surface area contributed by atoms with Gasteiger partial charge < -0.3 is 14.8 Å². The van der Waals surface area contributed by atoms with Crippen molar-refractivity contribution in [2.24, 2.45) is 0 Å². The van der Waals surface area contributed by atoms with Crippen LogP contribution >= 0.6 is 0 Å². The van der Waals surface area contributed by atoms with Gasteiger partial charge in [-0.25, -0.2) is 5.10 Å².